The van der Waals surface area contributed by atoms with Crippen molar-refractivity contribution in [2.75, 3.05) is 7.05 Å². The third-order valence-electron chi connectivity index (χ3n) is 1.71. The van der Waals surface area contributed by atoms with E-state index in [1.807, 2.05) is 7.05 Å². The highest BCUT2D eigenvalue weighted by Gasteiger charge is 2.04. The standard InChI is InChI=1S/C9H17NO/c1-5-7-9(6-2)10(4)8(3)11/h7H,5-6H2,1-4H3/b9-7+. The van der Waals surface area contributed by atoms with Crippen molar-refractivity contribution in [1.82, 2.24) is 4.90 Å². The van der Waals surface area contributed by atoms with Gasteiger partial charge < -0.3 is 4.90 Å². The van der Waals surface area contributed by atoms with E-state index >= 15 is 0 Å². The zero-order valence-corrected chi connectivity index (χ0v) is 7.85. The summed E-state index contributed by atoms with van der Waals surface area (Å²) in [5.41, 5.74) is 1.11. The van der Waals surface area contributed by atoms with Crippen molar-refractivity contribution in [2.45, 2.75) is 33.6 Å². The van der Waals surface area contributed by atoms with E-state index < -0.39 is 0 Å². The average Bonchev–Trinajstić information content (AvgIpc) is 1.98. The molecule has 0 aromatic heterocycles. The summed E-state index contributed by atoms with van der Waals surface area (Å²) in [6, 6.07) is 0. The van der Waals surface area contributed by atoms with E-state index in [-0.39, 0.29) is 5.91 Å². The normalized spacial score (nSPS) is 11.5. The van der Waals surface area contributed by atoms with Gasteiger partial charge in [0, 0.05) is 19.7 Å². The van der Waals surface area contributed by atoms with Crippen molar-refractivity contribution < 1.29 is 4.79 Å². The number of hydrogen-bond acceptors (Lipinski definition) is 1. The Morgan fingerprint density at radius 3 is 2.27 bits per heavy atom. The summed E-state index contributed by atoms with van der Waals surface area (Å²) < 4.78 is 0. The van der Waals surface area contributed by atoms with Crippen LogP contribution in [0.5, 0.6) is 0 Å². The molecule has 0 radical (unpaired) electrons. The summed E-state index contributed by atoms with van der Waals surface area (Å²) >= 11 is 0. The van der Waals surface area contributed by atoms with Gasteiger partial charge in [-0.15, -0.1) is 0 Å². The number of amides is 1. The molecular formula is C9H17NO. The Hall–Kier alpha value is -0.790. The van der Waals surface area contributed by atoms with Gasteiger partial charge >= 0.3 is 0 Å². The lowest BCUT2D eigenvalue weighted by molar-refractivity contribution is -0.125. The van der Waals surface area contributed by atoms with Gasteiger partial charge in [-0.1, -0.05) is 19.9 Å². The maximum Gasteiger partial charge on any atom is 0.223 e. The van der Waals surface area contributed by atoms with E-state index in [2.05, 4.69) is 19.9 Å². The first kappa shape index (κ1) is 10.2. The van der Waals surface area contributed by atoms with Crippen LogP contribution in [-0.2, 0) is 4.79 Å². The number of nitrogens with zero attached hydrogens (tertiary/aromatic N) is 1. The molecular weight excluding hydrogens is 138 g/mol. The molecule has 0 aromatic rings. The zero-order chi connectivity index (χ0) is 8.85. The van der Waals surface area contributed by atoms with Gasteiger partial charge in [0.2, 0.25) is 5.91 Å². The van der Waals surface area contributed by atoms with Crippen LogP contribution >= 0.6 is 0 Å². The molecule has 0 aliphatic carbocycles. The zero-order valence-electron chi connectivity index (χ0n) is 7.85. The summed E-state index contributed by atoms with van der Waals surface area (Å²) in [6.45, 7) is 5.71. The molecule has 0 heterocycles. The molecule has 11 heavy (non-hydrogen) atoms. The van der Waals surface area contributed by atoms with Gasteiger partial charge in [-0.2, -0.15) is 0 Å². The van der Waals surface area contributed by atoms with Gasteiger partial charge in [-0.25, -0.2) is 0 Å². The number of carbonyl (C=O) groups is 1. The predicted molar refractivity (Wildman–Crippen MR) is 47.1 cm³/mol. The summed E-state index contributed by atoms with van der Waals surface area (Å²) in [7, 11) is 1.81. The van der Waals surface area contributed by atoms with Crippen molar-refractivity contribution in [3.8, 4) is 0 Å². The number of allylic oxidation sites excluding steroid dienone is 2. The van der Waals surface area contributed by atoms with Crippen LogP contribution in [-0.4, -0.2) is 17.9 Å². The van der Waals surface area contributed by atoms with Gasteiger partial charge in [0.15, 0.2) is 0 Å². The molecule has 0 saturated carbocycles. The molecule has 0 spiro atoms. The lowest BCUT2D eigenvalue weighted by Crippen LogP contribution is -2.22. The second kappa shape index (κ2) is 4.94. The third-order valence-corrected chi connectivity index (χ3v) is 1.71. The highest BCUT2D eigenvalue weighted by molar-refractivity contribution is 5.74. The molecule has 0 bridgehead atoms. The summed E-state index contributed by atoms with van der Waals surface area (Å²) in [5.74, 6) is 0.103. The van der Waals surface area contributed by atoms with Gasteiger partial charge in [0.1, 0.15) is 0 Å². The lowest BCUT2D eigenvalue weighted by atomic mass is 10.2. The summed E-state index contributed by atoms with van der Waals surface area (Å²) in [6.07, 6.45) is 3.99. The van der Waals surface area contributed by atoms with E-state index in [1.54, 1.807) is 11.8 Å². The van der Waals surface area contributed by atoms with Crippen LogP contribution in [0, 0.1) is 0 Å². The van der Waals surface area contributed by atoms with Gasteiger partial charge in [0.05, 0.1) is 0 Å². The number of carbonyl (C=O) groups excluding carboxylic acids is 1. The molecule has 0 aliphatic heterocycles. The molecule has 64 valence electrons. The highest BCUT2D eigenvalue weighted by Crippen LogP contribution is 2.06. The van der Waals surface area contributed by atoms with E-state index in [9.17, 15) is 4.79 Å². The topological polar surface area (TPSA) is 20.3 Å². The highest BCUT2D eigenvalue weighted by atomic mass is 16.2. The lowest BCUT2D eigenvalue weighted by Gasteiger charge is -2.17. The second-order valence-electron chi connectivity index (χ2n) is 2.54. The minimum Gasteiger partial charge on any atom is -0.320 e. The summed E-state index contributed by atoms with van der Waals surface area (Å²) in [5, 5.41) is 0. The van der Waals surface area contributed by atoms with Gasteiger partial charge in [0.25, 0.3) is 0 Å². The monoisotopic (exact) mass is 155 g/mol. The molecule has 2 heteroatoms. The maximum atomic E-state index is 10.9. The molecule has 0 atom stereocenters. The third kappa shape index (κ3) is 3.21. The number of rotatable bonds is 3. The van der Waals surface area contributed by atoms with Crippen molar-refractivity contribution in [3.63, 3.8) is 0 Å². The molecule has 0 fully saturated rings. The molecule has 0 rings (SSSR count). The van der Waals surface area contributed by atoms with Crippen LogP contribution in [0.15, 0.2) is 11.8 Å². The Labute approximate surface area is 68.9 Å². The predicted octanol–water partition coefficient (Wildman–Crippen LogP) is 2.17. The quantitative estimate of drug-likeness (QED) is 0.611. The van der Waals surface area contributed by atoms with E-state index in [1.165, 1.54) is 0 Å². The maximum absolute atomic E-state index is 10.9. The Kier molecular flexibility index (Phi) is 4.59. The smallest absolute Gasteiger partial charge is 0.223 e. The van der Waals surface area contributed by atoms with Crippen LogP contribution < -0.4 is 0 Å². The van der Waals surface area contributed by atoms with Crippen molar-refractivity contribution >= 4 is 5.91 Å². The van der Waals surface area contributed by atoms with Crippen molar-refractivity contribution in [2.24, 2.45) is 0 Å². The minimum absolute atomic E-state index is 0.103. The number of hydrogen-bond donors (Lipinski definition) is 0. The largest absolute Gasteiger partial charge is 0.320 e. The fraction of sp³-hybridized carbons (Fsp3) is 0.667. The first-order valence-corrected chi connectivity index (χ1v) is 4.06. The molecule has 1 amide bonds. The van der Waals surface area contributed by atoms with E-state index in [0.29, 0.717) is 0 Å². The molecule has 0 aromatic carbocycles. The molecule has 0 unspecified atom stereocenters. The molecule has 0 N–H and O–H groups in total. The Balaban J connectivity index is 4.25. The van der Waals surface area contributed by atoms with E-state index in [4.69, 9.17) is 0 Å². The fourth-order valence-corrected chi connectivity index (χ4v) is 0.956. The van der Waals surface area contributed by atoms with E-state index in [0.717, 1.165) is 18.5 Å². The molecule has 0 saturated heterocycles. The van der Waals surface area contributed by atoms with Crippen LogP contribution in [0.4, 0.5) is 0 Å². The first-order valence-electron chi connectivity index (χ1n) is 4.06. The minimum atomic E-state index is 0.103. The average molecular weight is 155 g/mol. The van der Waals surface area contributed by atoms with Crippen molar-refractivity contribution in [1.29, 1.82) is 0 Å². The first-order chi connectivity index (χ1) is 5.13. The Morgan fingerprint density at radius 1 is 1.45 bits per heavy atom. The van der Waals surface area contributed by atoms with Crippen LogP contribution in [0.3, 0.4) is 0 Å². The van der Waals surface area contributed by atoms with Gasteiger partial charge in [-0.3, -0.25) is 4.79 Å². The summed E-state index contributed by atoms with van der Waals surface area (Å²) in [4.78, 5) is 12.6. The fourth-order valence-electron chi connectivity index (χ4n) is 0.956. The second-order valence-corrected chi connectivity index (χ2v) is 2.54. The Morgan fingerprint density at radius 2 is 2.00 bits per heavy atom. The van der Waals surface area contributed by atoms with Crippen LogP contribution in [0.2, 0.25) is 0 Å². The van der Waals surface area contributed by atoms with Crippen LogP contribution in [0.1, 0.15) is 33.6 Å². The van der Waals surface area contributed by atoms with Crippen molar-refractivity contribution in [3.05, 3.63) is 11.8 Å². The molecule has 0 aliphatic rings. The Bertz CT molecular complexity index is 161. The van der Waals surface area contributed by atoms with Crippen LogP contribution in [0.25, 0.3) is 0 Å². The molecule has 2 nitrogen and oxygen atoms in total. The van der Waals surface area contributed by atoms with Gasteiger partial charge in [-0.05, 0) is 12.8 Å². The SMILES string of the molecule is CC/C=C(\CC)N(C)C(C)=O.